The van der Waals surface area contributed by atoms with Crippen molar-refractivity contribution >= 4 is 17.3 Å². The molecule has 5 nitrogen and oxygen atoms in total. The molecule has 1 heterocycles. The van der Waals surface area contributed by atoms with Gasteiger partial charge in [0.2, 0.25) is 0 Å². The number of aromatic nitrogens is 1. The van der Waals surface area contributed by atoms with E-state index in [0.29, 0.717) is 5.69 Å². The molecule has 0 saturated carbocycles. The van der Waals surface area contributed by atoms with E-state index in [4.69, 9.17) is 11.6 Å². The Morgan fingerprint density at radius 2 is 2.22 bits per heavy atom. The van der Waals surface area contributed by atoms with Gasteiger partial charge in [-0.05, 0) is 19.9 Å². The fourth-order valence-electron chi connectivity index (χ4n) is 2.12. The van der Waals surface area contributed by atoms with Crippen molar-refractivity contribution in [2.75, 3.05) is 6.54 Å². The molecule has 0 fully saturated rings. The molecule has 18 heavy (non-hydrogen) atoms. The van der Waals surface area contributed by atoms with Crippen molar-refractivity contribution in [1.29, 1.82) is 0 Å². The molecule has 0 aliphatic rings. The first-order valence-electron chi connectivity index (χ1n) is 6.04. The molecule has 1 aromatic rings. The molecule has 1 rings (SSSR count). The Hall–Kier alpha value is -1.20. The van der Waals surface area contributed by atoms with E-state index in [0.717, 1.165) is 13.0 Å². The Bertz CT molecular complexity index is 426. The predicted octanol–water partition coefficient (Wildman–Crippen LogP) is 3.13. The van der Waals surface area contributed by atoms with E-state index in [2.05, 4.69) is 10.3 Å². The SMILES string of the molecule is CCNC(C)C(CC)c1ncc(Cl)cc1[N+](=O)[O-]. The topological polar surface area (TPSA) is 68.1 Å². The molecule has 0 spiro atoms. The van der Waals surface area contributed by atoms with Crippen LogP contribution in [0.3, 0.4) is 0 Å². The van der Waals surface area contributed by atoms with Crippen molar-refractivity contribution in [1.82, 2.24) is 10.3 Å². The molecule has 0 saturated heterocycles. The second kappa shape index (κ2) is 6.66. The molecule has 0 aliphatic carbocycles. The molecule has 0 aromatic carbocycles. The highest BCUT2D eigenvalue weighted by Crippen LogP contribution is 2.31. The fraction of sp³-hybridized carbons (Fsp3) is 0.583. The van der Waals surface area contributed by atoms with E-state index in [9.17, 15) is 10.1 Å². The van der Waals surface area contributed by atoms with Crippen LogP contribution >= 0.6 is 11.6 Å². The van der Waals surface area contributed by atoms with Gasteiger partial charge in [0.15, 0.2) is 0 Å². The summed E-state index contributed by atoms with van der Waals surface area (Å²) in [5, 5.41) is 14.6. The van der Waals surface area contributed by atoms with Crippen LogP contribution in [0.25, 0.3) is 0 Å². The predicted molar refractivity (Wildman–Crippen MR) is 72.1 cm³/mol. The van der Waals surface area contributed by atoms with Crippen LogP contribution in [0.5, 0.6) is 0 Å². The maximum absolute atomic E-state index is 11.1. The molecule has 2 atom stereocenters. The van der Waals surface area contributed by atoms with Gasteiger partial charge < -0.3 is 5.32 Å². The van der Waals surface area contributed by atoms with Crippen molar-refractivity contribution in [2.24, 2.45) is 0 Å². The first-order chi connectivity index (χ1) is 8.51. The Morgan fingerprint density at radius 1 is 1.56 bits per heavy atom. The van der Waals surface area contributed by atoms with Crippen LogP contribution in [-0.4, -0.2) is 22.5 Å². The number of hydrogen-bond acceptors (Lipinski definition) is 4. The van der Waals surface area contributed by atoms with Gasteiger partial charge in [-0.1, -0.05) is 25.4 Å². The van der Waals surface area contributed by atoms with Crippen molar-refractivity contribution in [2.45, 2.75) is 39.2 Å². The quantitative estimate of drug-likeness (QED) is 0.637. The normalized spacial score (nSPS) is 14.2. The van der Waals surface area contributed by atoms with Gasteiger partial charge in [-0.2, -0.15) is 0 Å². The molecule has 2 unspecified atom stereocenters. The Kier molecular flexibility index (Phi) is 5.50. The minimum Gasteiger partial charge on any atom is -0.314 e. The van der Waals surface area contributed by atoms with Gasteiger partial charge in [-0.25, -0.2) is 0 Å². The van der Waals surface area contributed by atoms with Crippen molar-refractivity contribution in [3.63, 3.8) is 0 Å². The van der Waals surface area contributed by atoms with Gasteiger partial charge in [-0.3, -0.25) is 15.1 Å². The average Bonchev–Trinajstić information content (AvgIpc) is 2.32. The van der Waals surface area contributed by atoms with E-state index >= 15 is 0 Å². The summed E-state index contributed by atoms with van der Waals surface area (Å²) < 4.78 is 0. The monoisotopic (exact) mass is 271 g/mol. The maximum Gasteiger partial charge on any atom is 0.292 e. The van der Waals surface area contributed by atoms with E-state index in [1.807, 2.05) is 20.8 Å². The number of nitrogens with one attached hydrogen (secondary N) is 1. The Morgan fingerprint density at radius 3 is 2.72 bits per heavy atom. The lowest BCUT2D eigenvalue weighted by Gasteiger charge is -2.22. The number of halogens is 1. The zero-order valence-electron chi connectivity index (χ0n) is 10.8. The van der Waals surface area contributed by atoms with Gasteiger partial charge in [0.05, 0.1) is 9.95 Å². The van der Waals surface area contributed by atoms with Crippen LogP contribution in [0.2, 0.25) is 5.02 Å². The Labute approximate surface area is 112 Å². The summed E-state index contributed by atoms with van der Waals surface area (Å²) >= 11 is 5.77. The summed E-state index contributed by atoms with van der Waals surface area (Å²) in [4.78, 5) is 14.8. The third-order valence-electron chi connectivity index (χ3n) is 2.98. The van der Waals surface area contributed by atoms with E-state index < -0.39 is 4.92 Å². The highest BCUT2D eigenvalue weighted by molar-refractivity contribution is 6.30. The molecule has 1 N–H and O–H groups in total. The zero-order chi connectivity index (χ0) is 13.7. The van der Waals surface area contributed by atoms with E-state index in [1.54, 1.807) is 0 Å². The van der Waals surface area contributed by atoms with Gasteiger partial charge in [0.25, 0.3) is 5.69 Å². The highest BCUT2D eigenvalue weighted by Gasteiger charge is 2.26. The number of nitro groups is 1. The Balaban J connectivity index is 3.16. The smallest absolute Gasteiger partial charge is 0.292 e. The number of pyridine rings is 1. The van der Waals surface area contributed by atoms with Gasteiger partial charge in [0.1, 0.15) is 5.69 Å². The lowest BCUT2D eigenvalue weighted by atomic mass is 9.93. The summed E-state index contributed by atoms with van der Waals surface area (Å²) in [7, 11) is 0. The molecule has 0 bridgehead atoms. The number of rotatable bonds is 6. The van der Waals surface area contributed by atoms with Gasteiger partial charge in [0, 0.05) is 24.2 Å². The standard InChI is InChI=1S/C12H18ClN3O2/c1-4-10(8(3)14-5-2)12-11(16(17)18)6-9(13)7-15-12/h6-8,10,14H,4-5H2,1-3H3. The minimum absolute atomic E-state index is 0.000830. The summed E-state index contributed by atoms with van der Waals surface area (Å²) in [6, 6.07) is 1.50. The van der Waals surface area contributed by atoms with E-state index in [1.165, 1.54) is 12.3 Å². The number of hydrogen-bond donors (Lipinski definition) is 1. The van der Waals surface area contributed by atoms with Crippen LogP contribution in [0.1, 0.15) is 38.8 Å². The second-order valence-corrected chi connectivity index (χ2v) is 4.61. The largest absolute Gasteiger partial charge is 0.314 e. The molecule has 100 valence electrons. The highest BCUT2D eigenvalue weighted by atomic mass is 35.5. The van der Waals surface area contributed by atoms with E-state index in [-0.39, 0.29) is 22.7 Å². The molecule has 6 heteroatoms. The summed E-state index contributed by atoms with van der Waals surface area (Å²) in [5.41, 5.74) is 0.499. The first-order valence-corrected chi connectivity index (χ1v) is 6.42. The molecule has 0 radical (unpaired) electrons. The van der Waals surface area contributed by atoms with Crippen LogP contribution in [0.4, 0.5) is 5.69 Å². The minimum atomic E-state index is -0.421. The number of likely N-dealkylation sites (N-methyl/N-ethyl adjacent to an activating group) is 1. The van der Waals surface area contributed by atoms with Crippen molar-refractivity contribution in [3.8, 4) is 0 Å². The lowest BCUT2D eigenvalue weighted by molar-refractivity contribution is -0.386. The zero-order valence-corrected chi connectivity index (χ0v) is 11.6. The van der Waals surface area contributed by atoms with Crippen LogP contribution in [0.15, 0.2) is 12.3 Å². The van der Waals surface area contributed by atoms with Crippen molar-refractivity contribution < 1.29 is 4.92 Å². The first kappa shape index (κ1) is 14.9. The summed E-state index contributed by atoms with van der Waals surface area (Å²) in [5.74, 6) is 0.00242. The van der Waals surface area contributed by atoms with Crippen LogP contribution in [0, 0.1) is 10.1 Å². The van der Waals surface area contributed by atoms with Gasteiger partial charge >= 0.3 is 0 Å². The maximum atomic E-state index is 11.1. The third-order valence-corrected chi connectivity index (χ3v) is 3.19. The average molecular weight is 272 g/mol. The second-order valence-electron chi connectivity index (χ2n) is 4.18. The van der Waals surface area contributed by atoms with Crippen molar-refractivity contribution in [3.05, 3.63) is 33.1 Å². The fourth-order valence-corrected chi connectivity index (χ4v) is 2.27. The lowest BCUT2D eigenvalue weighted by Crippen LogP contribution is -2.32. The molecule has 0 aliphatic heterocycles. The molecular formula is C12H18ClN3O2. The molecular weight excluding hydrogens is 254 g/mol. The molecule has 0 amide bonds. The molecule has 1 aromatic heterocycles. The summed E-state index contributed by atoms with van der Waals surface area (Å²) in [6.45, 7) is 6.84. The van der Waals surface area contributed by atoms with Crippen LogP contribution < -0.4 is 5.32 Å². The van der Waals surface area contributed by atoms with Gasteiger partial charge in [-0.15, -0.1) is 0 Å². The van der Waals surface area contributed by atoms with Crippen LogP contribution in [-0.2, 0) is 0 Å². The number of nitrogens with zero attached hydrogens (tertiary/aromatic N) is 2. The summed E-state index contributed by atoms with van der Waals surface area (Å²) in [6.07, 6.45) is 2.24. The third kappa shape index (κ3) is 3.40.